The van der Waals surface area contributed by atoms with E-state index in [2.05, 4.69) is 0 Å². The maximum absolute atomic E-state index is 11.9. The molecule has 0 radical (unpaired) electrons. The van der Waals surface area contributed by atoms with Gasteiger partial charge in [0, 0.05) is 24.6 Å². The minimum absolute atomic E-state index is 0.0735. The van der Waals surface area contributed by atoms with Crippen LogP contribution in [-0.4, -0.2) is 10.9 Å². The van der Waals surface area contributed by atoms with E-state index in [4.69, 9.17) is 10.2 Å². The van der Waals surface area contributed by atoms with Crippen molar-refractivity contribution >= 4 is 11.5 Å². The maximum Gasteiger partial charge on any atom is 0.167 e. The van der Waals surface area contributed by atoms with E-state index >= 15 is 0 Å². The third kappa shape index (κ3) is 2.71. The summed E-state index contributed by atoms with van der Waals surface area (Å²) in [6, 6.07) is 8.24. The molecule has 0 saturated heterocycles. The van der Waals surface area contributed by atoms with Crippen molar-refractivity contribution < 1.29 is 14.3 Å². The van der Waals surface area contributed by atoms with Gasteiger partial charge in [0.2, 0.25) is 0 Å². The summed E-state index contributed by atoms with van der Waals surface area (Å²) in [5.41, 5.74) is 6.24. The number of anilines is 1. The molecule has 0 amide bonds. The lowest BCUT2D eigenvalue weighted by atomic mass is 10.0. The minimum Gasteiger partial charge on any atom is -0.507 e. The smallest absolute Gasteiger partial charge is 0.167 e. The number of carbonyl (C=O) groups excluding carboxylic acids is 1. The van der Waals surface area contributed by atoms with Gasteiger partial charge in [0.25, 0.3) is 0 Å². The van der Waals surface area contributed by atoms with Crippen molar-refractivity contribution in [3.63, 3.8) is 0 Å². The van der Waals surface area contributed by atoms with Gasteiger partial charge in [-0.05, 0) is 31.2 Å². The Balaban J connectivity index is 2.03. The minimum atomic E-state index is -0.124. The summed E-state index contributed by atoms with van der Waals surface area (Å²) < 4.78 is 5.38. The van der Waals surface area contributed by atoms with Crippen LogP contribution >= 0.6 is 0 Å². The first-order chi connectivity index (χ1) is 8.56. The number of ketones is 1. The summed E-state index contributed by atoms with van der Waals surface area (Å²) in [5, 5.41) is 9.64. The topological polar surface area (TPSA) is 76.5 Å². The Bertz CT molecular complexity index is 572. The average Bonchev–Trinajstić information content (AvgIpc) is 2.72. The molecule has 2 rings (SSSR count). The van der Waals surface area contributed by atoms with Crippen molar-refractivity contribution in [2.24, 2.45) is 0 Å². The number of furan rings is 1. The van der Waals surface area contributed by atoms with Crippen molar-refractivity contribution in [3.05, 3.63) is 47.4 Å². The van der Waals surface area contributed by atoms with Crippen molar-refractivity contribution in [2.75, 3.05) is 5.73 Å². The molecule has 0 aliphatic rings. The first-order valence-electron chi connectivity index (χ1n) is 5.73. The van der Waals surface area contributed by atoms with Crippen LogP contribution in [-0.2, 0) is 6.42 Å². The predicted octanol–water partition coefficient (Wildman–Crippen LogP) is 2.69. The molecule has 0 aliphatic heterocycles. The highest BCUT2D eigenvalue weighted by Crippen LogP contribution is 2.22. The number of nitrogen functional groups attached to an aromatic ring is 1. The fourth-order valence-electron chi connectivity index (χ4n) is 1.78. The van der Waals surface area contributed by atoms with Crippen molar-refractivity contribution in [2.45, 2.75) is 19.8 Å². The second-order valence-corrected chi connectivity index (χ2v) is 4.21. The molecule has 0 aliphatic carbocycles. The standard InChI is InChI=1S/C14H15NO3/c1-9-2-4-11(18-9)5-7-13(16)12-6-3-10(15)8-14(12)17/h2-4,6,8,17H,5,7,15H2,1H3. The monoisotopic (exact) mass is 245 g/mol. The van der Waals surface area contributed by atoms with Gasteiger partial charge in [-0.1, -0.05) is 0 Å². The molecular formula is C14H15NO3. The van der Waals surface area contributed by atoms with E-state index < -0.39 is 0 Å². The average molecular weight is 245 g/mol. The molecule has 1 heterocycles. The van der Waals surface area contributed by atoms with Crippen LogP contribution in [0.5, 0.6) is 5.75 Å². The molecular weight excluding hydrogens is 230 g/mol. The summed E-state index contributed by atoms with van der Waals surface area (Å²) in [7, 11) is 0. The number of rotatable bonds is 4. The summed E-state index contributed by atoms with van der Waals surface area (Å²) in [6.07, 6.45) is 0.820. The first-order valence-corrected chi connectivity index (χ1v) is 5.73. The summed E-state index contributed by atoms with van der Waals surface area (Å²) in [6.45, 7) is 1.86. The lowest BCUT2D eigenvalue weighted by molar-refractivity contribution is 0.0978. The molecule has 0 bridgehead atoms. The number of aryl methyl sites for hydroxylation is 2. The van der Waals surface area contributed by atoms with Crippen molar-refractivity contribution in [3.8, 4) is 5.75 Å². The van der Waals surface area contributed by atoms with Gasteiger partial charge in [-0.15, -0.1) is 0 Å². The molecule has 2 aromatic rings. The fourth-order valence-corrected chi connectivity index (χ4v) is 1.78. The molecule has 0 atom stereocenters. The van der Waals surface area contributed by atoms with E-state index in [9.17, 15) is 9.90 Å². The summed E-state index contributed by atoms with van der Waals surface area (Å²) in [5.74, 6) is 1.40. The van der Waals surface area contributed by atoms with E-state index in [1.807, 2.05) is 19.1 Å². The molecule has 0 fully saturated rings. The molecule has 4 heteroatoms. The van der Waals surface area contributed by atoms with Crippen LogP contribution in [0.3, 0.4) is 0 Å². The first kappa shape index (κ1) is 12.2. The molecule has 1 aromatic heterocycles. The maximum atomic E-state index is 11.9. The number of nitrogens with two attached hydrogens (primary N) is 1. The van der Waals surface area contributed by atoms with Gasteiger partial charge in [0.1, 0.15) is 17.3 Å². The number of carbonyl (C=O) groups is 1. The Morgan fingerprint density at radius 1 is 1.33 bits per heavy atom. The van der Waals surface area contributed by atoms with Gasteiger partial charge in [-0.2, -0.15) is 0 Å². The lowest BCUT2D eigenvalue weighted by Crippen LogP contribution is -2.01. The highest BCUT2D eigenvalue weighted by molar-refractivity contribution is 5.99. The number of hydrogen-bond acceptors (Lipinski definition) is 4. The molecule has 3 N–H and O–H groups in total. The number of aromatic hydroxyl groups is 1. The van der Waals surface area contributed by atoms with Crippen molar-refractivity contribution in [1.29, 1.82) is 0 Å². The Morgan fingerprint density at radius 3 is 2.72 bits per heavy atom. The second-order valence-electron chi connectivity index (χ2n) is 4.21. The molecule has 94 valence electrons. The Kier molecular flexibility index (Phi) is 3.37. The number of Topliss-reactive ketones (excluding diaryl/α,β-unsaturated/α-hetero) is 1. The Hall–Kier alpha value is -2.23. The van der Waals surface area contributed by atoms with Crippen LogP contribution in [0.4, 0.5) is 5.69 Å². The fraction of sp³-hybridized carbons (Fsp3) is 0.214. The van der Waals surface area contributed by atoms with E-state index in [1.165, 1.54) is 6.07 Å². The second kappa shape index (κ2) is 4.96. The normalized spacial score (nSPS) is 10.5. The Labute approximate surface area is 105 Å². The number of phenolic OH excluding ortho intramolecular Hbond substituents is 1. The van der Waals surface area contributed by atoms with Crippen LogP contribution < -0.4 is 5.73 Å². The van der Waals surface area contributed by atoms with Gasteiger partial charge < -0.3 is 15.3 Å². The van der Waals surface area contributed by atoms with E-state index in [1.54, 1.807) is 12.1 Å². The van der Waals surface area contributed by atoms with Crippen LogP contribution in [0, 0.1) is 6.92 Å². The van der Waals surface area contributed by atoms with Crippen LogP contribution in [0.2, 0.25) is 0 Å². The predicted molar refractivity (Wildman–Crippen MR) is 68.6 cm³/mol. The highest BCUT2D eigenvalue weighted by atomic mass is 16.3. The Morgan fingerprint density at radius 2 is 2.11 bits per heavy atom. The van der Waals surface area contributed by atoms with Gasteiger partial charge in [0.15, 0.2) is 5.78 Å². The largest absolute Gasteiger partial charge is 0.507 e. The number of phenols is 1. The van der Waals surface area contributed by atoms with Gasteiger partial charge in [-0.3, -0.25) is 4.79 Å². The molecule has 18 heavy (non-hydrogen) atoms. The zero-order valence-corrected chi connectivity index (χ0v) is 10.1. The van der Waals surface area contributed by atoms with Gasteiger partial charge in [-0.25, -0.2) is 0 Å². The molecule has 4 nitrogen and oxygen atoms in total. The van der Waals surface area contributed by atoms with E-state index in [-0.39, 0.29) is 11.5 Å². The van der Waals surface area contributed by atoms with Crippen LogP contribution in [0.25, 0.3) is 0 Å². The van der Waals surface area contributed by atoms with E-state index in [0.717, 1.165) is 11.5 Å². The molecule has 0 unspecified atom stereocenters. The van der Waals surface area contributed by atoms with Crippen LogP contribution in [0.15, 0.2) is 34.7 Å². The molecule has 0 saturated carbocycles. The lowest BCUT2D eigenvalue weighted by Gasteiger charge is -2.04. The quantitative estimate of drug-likeness (QED) is 0.641. The van der Waals surface area contributed by atoms with Crippen LogP contribution in [0.1, 0.15) is 28.3 Å². The summed E-state index contributed by atoms with van der Waals surface area (Å²) >= 11 is 0. The zero-order valence-electron chi connectivity index (χ0n) is 10.1. The highest BCUT2D eigenvalue weighted by Gasteiger charge is 2.12. The number of benzene rings is 1. The third-order valence-corrected chi connectivity index (χ3v) is 2.72. The molecule has 1 aromatic carbocycles. The summed E-state index contributed by atoms with van der Waals surface area (Å²) in [4.78, 5) is 11.9. The van der Waals surface area contributed by atoms with E-state index in [0.29, 0.717) is 24.1 Å². The number of hydrogen-bond donors (Lipinski definition) is 2. The third-order valence-electron chi connectivity index (χ3n) is 2.72. The zero-order chi connectivity index (χ0) is 13.1. The molecule has 0 spiro atoms. The van der Waals surface area contributed by atoms with Gasteiger partial charge >= 0.3 is 0 Å². The van der Waals surface area contributed by atoms with Crippen molar-refractivity contribution in [1.82, 2.24) is 0 Å². The van der Waals surface area contributed by atoms with Gasteiger partial charge in [0.05, 0.1) is 5.56 Å². The SMILES string of the molecule is Cc1ccc(CCC(=O)c2ccc(N)cc2O)o1.